The van der Waals surface area contributed by atoms with E-state index in [1.807, 2.05) is 26.0 Å². The molecule has 0 aliphatic rings. The number of nitrogens with one attached hydrogen (secondary N) is 2. The Kier molecular flexibility index (Phi) is 5.91. The first kappa shape index (κ1) is 15.1. The topological polar surface area (TPSA) is 64.9 Å². The molecule has 4 nitrogen and oxygen atoms in total. The first-order chi connectivity index (χ1) is 9.08. The third-order valence-corrected chi connectivity index (χ3v) is 2.71. The summed E-state index contributed by atoms with van der Waals surface area (Å²) in [6, 6.07) is 7.26. The Bertz CT molecular complexity index is 532. The van der Waals surface area contributed by atoms with Gasteiger partial charge in [0, 0.05) is 23.5 Å². The molecule has 0 atom stereocenters. The van der Waals surface area contributed by atoms with Crippen molar-refractivity contribution in [3.05, 3.63) is 40.6 Å². The van der Waals surface area contributed by atoms with Gasteiger partial charge in [-0.15, -0.1) is 0 Å². The van der Waals surface area contributed by atoms with Crippen LogP contribution in [0.5, 0.6) is 0 Å². The fourth-order valence-electron chi connectivity index (χ4n) is 1.38. The minimum atomic E-state index is -0.378. The second-order valence-electron chi connectivity index (χ2n) is 4.03. The van der Waals surface area contributed by atoms with Crippen molar-refractivity contribution in [2.24, 2.45) is 0 Å². The lowest BCUT2D eigenvalue weighted by molar-refractivity contribution is -0.117. The molecule has 19 heavy (non-hydrogen) atoms. The molecule has 1 aromatic carbocycles. The summed E-state index contributed by atoms with van der Waals surface area (Å²) in [4.78, 5) is 11.6. The number of aryl methyl sites for hydroxylation is 1. The van der Waals surface area contributed by atoms with E-state index in [9.17, 15) is 4.79 Å². The van der Waals surface area contributed by atoms with Gasteiger partial charge in [0.1, 0.15) is 11.6 Å². The van der Waals surface area contributed by atoms with Crippen LogP contribution in [0.1, 0.15) is 18.9 Å². The number of nitriles is 1. The zero-order valence-electron chi connectivity index (χ0n) is 11.0. The Hall–Kier alpha value is -1.99. The molecule has 0 spiro atoms. The third kappa shape index (κ3) is 4.65. The van der Waals surface area contributed by atoms with Gasteiger partial charge >= 0.3 is 0 Å². The average molecular weight is 278 g/mol. The van der Waals surface area contributed by atoms with Crippen molar-refractivity contribution in [3.8, 4) is 6.07 Å². The molecule has 1 rings (SSSR count). The maximum atomic E-state index is 11.6. The molecule has 0 aliphatic heterocycles. The summed E-state index contributed by atoms with van der Waals surface area (Å²) in [7, 11) is 0. The van der Waals surface area contributed by atoms with Crippen LogP contribution in [0, 0.1) is 18.3 Å². The van der Waals surface area contributed by atoms with Gasteiger partial charge in [-0.3, -0.25) is 4.79 Å². The molecular formula is C14H16ClN3O. The Morgan fingerprint density at radius 3 is 2.89 bits per heavy atom. The summed E-state index contributed by atoms with van der Waals surface area (Å²) in [6.45, 7) is 4.41. The number of amides is 1. The normalized spacial score (nSPS) is 10.7. The monoisotopic (exact) mass is 277 g/mol. The first-order valence-corrected chi connectivity index (χ1v) is 6.37. The van der Waals surface area contributed by atoms with Crippen LogP contribution in [-0.2, 0) is 4.79 Å². The summed E-state index contributed by atoms with van der Waals surface area (Å²) in [6.07, 6.45) is 2.22. The highest BCUT2D eigenvalue weighted by Crippen LogP contribution is 2.20. The number of rotatable bonds is 5. The molecule has 0 aliphatic carbocycles. The van der Waals surface area contributed by atoms with E-state index in [1.165, 1.54) is 6.20 Å². The fourth-order valence-corrected chi connectivity index (χ4v) is 1.55. The van der Waals surface area contributed by atoms with Gasteiger partial charge < -0.3 is 10.6 Å². The SMILES string of the molecule is CCCNC(=O)/C(C#N)=C\Nc1cc(Cl)ccc1C. The lowest BCUT2D eigenvalue weighted by Gasteiger charge is -2.07. The highest BCUT2D eigenvalue weighted by atomic mass is 35.5. The van der Waals surface area contributed by atoms with E-state index in [2.05, 4.69) is 10.6 Å². The smallest absolute Gasteiger partial charge is 0.263 e. The minimum absolute atomic E-state index is 0.0350. The molecule has 5 heteroatoms. The number of anilines is 1. The number of hydrogen-bond donors (Lipinski definition) is 2. The Balaban J connectivity index is 2.80. The second kappa shape index (κ2) is 7.45. The van der Waals surface area contributed by atoms with Crippen molar-refractivity contribution in [1.82, 2.24) is 5.32 Å². The van der Waals surface area contributed by atoms with Crippen LogP contribution in [0.15, 0.2) is 30.0 Å². The molecule has 0 saturated carbocycles. The van der Waals surface area contributed by atoms with Gasteiger partial charge in [0.25, 0.3) is 5.91 Å². The van der Waals surface area contributed by atoms with Crippen LogP contribution in [0.3, 0.4) is 0 Å². The van der Waals surface area contributed by atoms with E-state index in [4.69, 9.17) is 16.9 Å². The average Bonchev–Trinajstić information content (AvgIpc) is 2.40. The van der Waals surface area contributed by atoms with Gasteiger partial charge in [-0.2, -0.15) is 5.26 Å². The van der Waals surface area contributed by atoms with E-state index < -0.39 is 0 Å². The number of benzene rings is 1. The molecule has 0 unspecified atom stereocenters. The van der Waals surface area contributed by atoms with Crippen molar-refractivity contribution in [2.75, 3.05) is 11.9 Å². The lowest BCUT2D eigenvalue weighted by atomic mass is 10.2. The number of nitrogens with zero attached hydrogens (tertiary/aromatic N) is 1. The molecule has 1 aromatic rings. The van der Waals surface area contributed by atoms with Crippen LogP contribution in [0.4, 0.5) is 5.69 Å². The molecule has 0 aromatic heterocycles. The quantitative estimate of drug-likeness (QED) is 0.642. The van der Waals surface area contributed by atoms with E-state index >= 15 is 0 Å². The highest BCUT2D eigenvalue weighted by molar-refractivity contribution is 6.30. The van der Waals surface area contributed by atoms with Crippen molar-refractivity contribution in [2.45, 2.75) is 20.3 Å². The summed E-state index contributed by atoms with van der Waals surface area (Å²) >= 11 is 5.89. The van der Waals surface area contributed by atoms with E-state index in [1.54, 1.807) is 12.1 Å². The van der Waals surface area contributed by atoms with Crippen LogP contribution < -0.4 is 10.6 Å². The number of carbonyl (C=O) groups is 1. The van der Waals surface area contributed by atoms with Crippen molar-refractivity contribution < 1.29 is 4.79 Å². The molecule has 1 amide bonds. The first-order valence-electron chi connectivity index (χ1n) is 5.99. The van der Waals surface area contributed by atoms with Gasteiger partial charge in [-0.05, 0) is 31.0 Å². The van der Waals surface area contributed by atoms with E-state index in [-0.39, 0.29) is 11.5 Å². The van der Waals surface area contributed by atoms with Crippen LogP contribution in [-0.4, -0.2) is 12.5 Å². The number of carbonyl (C=O) groups excluding carboxylic acids is 1. The molecule has 0 bridgehead atoms. The number of hydrogen-bond acceptors (Lipinski definition) is 3. The summed E-state index contributed by atoms with van der Waals surface area (Å²) < 4.78 is 0. The van der Waals surface area contributed by atoms with Gasteiger partial charge in [0.15, 0.2) is 0 Å². The third-order valence-electron chi connectivity index (χ3n) is 2.47. The minimum Gasteiger partial charge on any atom is -0.360 e. The second-order valence-corrected chi connectivity index (χ2v) is 4.47. The Morgan fingerprint density at radius 2 is 2.26 bits per heavy atom. The van der Waals surface area contributed by atoms with Gasteiger partial charge in [0.2, 0.25) is 0 Å². The summed E-state index contributed by atoms with van der Waals surface area (Å²) in [5, 5.41) is 15.1. The van der Waals surface area contributed by atoms with E-state index in [0.717, 1.165) is 17.7 Å². The maximum absolute atomic E-state index is 11.6. The van der Waals surface area contributed by atoms with E-state index in [0.29, 0.717) is 11.6 Å². The van der Waals surface area contributed by atoms with Gasteiger partial charge in [-0.1, -0.05) is 24.6 Å². The van der Waals surface area contributed by atoms with Crippen LogP contribution in [0.2, 0.25) is 5.02 Å². The maximum Gasteiger partial charge on any atom is 0.263 e. The van der Waals surface area contributed by atoms with Crippen molar-refractivity contribution >= 4 is 23.2 Å². The standard InChI is InChI=1S/C14H16ClN3O/c1-3-6-17-14(19)11(8-16)9-18-13-7-12(15)5-4-10(13)2/h4-5,7,9,18H,3,6H2,1-2H3,(H,17,19)/b11-9-. The number of halogens is 1. The molecule has 2 N–H and O–H groups in total. The predicted molar refractivity (Wildman–Crippen MR) is 76.8 cm³/mol. The molecule has 0 fully saturated rings. The zero-order valence-corrected chi connectivity index (χ0v) is 11.7. The van der Waals surface area contributed by atoms with Crippen LogP contribution >= 0.6 is 11.6 Å². The zero-order chi connectivity index (χ0) is 14.3. The van der Waals surface area contributed by atoms with Gasteiger partial charge in [0.05, 0.1) is 0 Å². The Labute approximate surface area is 118 Å². The molecular weight excluding hydrogens is 262 g/mol. The fraction of sp³-hybridized carbons (Fsp3) is 0.286. The van der Waals surface area contributed by atoms with Crippen molar-refractivity contribution in [1.29, 1.82) is 5.26 Å². The summed E-state index contributed by atoms with van der Waals surface area (Å²) in [5.74, 6) is -0.378. The molecule has 0 radical (unpaired) electrons. The molecule has 100 valence electrons. The largest absolute Gasteiger partial charge is 0.360 e. The van der Waals surface area contributed by atoms with Crippen LogP contribution in [0.25, 0.3) is 0 Å². The highest BCUT2D eigenvalue weighted by Gasteiger charge is 2.07. The van der Waals surface area contributed by atoms with Gasteiger partial charge in [-0.25, -0.2) is 0 Å². The molecule has 0 heterocycles. The summed E-state index contributed by atoms with van der Waals surface area (Å²) in [5.41, 5.74) is 1.78. The molecule has 0 saturated heterocycles. The lowest BCUT2D eigenvalue weighted by Crippen LogP contribution is -2.25. The predicted octanol–water partition coefficient (Wildman–Crippen LogP) is 2.99. The Morgan fingerprint density at radius 1 is 1.53 bits per heavy atom. The van der Waals surface area contributed by atoms with Crippen molar-refractivity contribution in [3.63, 3.8) is 0 Å².